The van der Waals surface area contributed by atoms with E-state index in [1.807, 2.05) is 30.3 Å². The predicted molar refractivity (Wildman–Crippen MR) is 96.9 cm³/mol. The van der Waals surface area contributed by atoms with Crippen LogP contribution in [-0.4, -0.2) is 47.9 Å². The molecule has 1 unspecified atom stereocenters. The van der Waals surface area contributed by atoms with Crippen LogP contribution in [0.4, 0.5) is 5.82 Å². The molecule has 7 heteroatoms. The first-order valence-electron chi connectivity index (χ1n) is 8.81. The molecule has 2 aliphatic rings. The van der Waals surface area contributed by atoms with Gasteiger partial charge in [0.25, 0.3) is 5.91 Å². The molecule has 0 saturated carbocycles. The van der Waals surface area contributed by atoms with Crippen molar-refractivity contribution in [1.29, 1.82) is 0 Å². The van der Waals surface area contributed by atoms with Crippen molar-refractivity contribution in [1.82, 2.24) is 15.3 Å². The average Bonchev–Trinajstić information content (AvgIpc) is 2.95. The molecule has 1 atom stereocenters. The van der Waals surface area contributed by atoms with E-state index in [0.29, 0.717) is 5.82 Å². The van der Waals surface area contributed by atoms with E-state index in [0.717, 1.165) is 43.1 Å². The fraction of sp³-hybridized carbons (Fsp3) is 0.421. The molecule has 3 heterocycles. The number of anilines is 1. The average molecular weight is 354 g/mol. The summed E-state index contributed by atoms with van der Waals surface area (Å²) in [7, 11) is 1.65. The second kappa shape index (κ2) is 6.57. The fourth-order valence-electron chi connectivity index (χ4n) is 3.49. The van der Waals surface area contributed by atoms with E-state index in [9.17, 15) is 4.79 Å². The Kier molecular flexibility index (Phi) is 4.24. The van der Waals surface area contributed by atoms with Gasteiger partial charge in [0.2, 0.25) is 0 Å². The third kappa shape index (κ3) is 3.10. The maximum absolute atomic E-state index is 11.8. The van der Waals surface area contributed by atoms with Crippen molar-refractivity contribution in [3.63, 3.8) is 0 Å². The molecule has 2 saturated heterocycles. The van der Waals surface area contributed by atoms with E-state index in [4.69, 9.17) is 14.5 Å². The summed E-state index contributed by atoms with van der Waals surface area (Å²) in [6.45, 7) is 3.33. The highest BCUT2D eigenvalue weighted by Crippen LogP contribution is 2.31. The second-order valence-electron chi connectivity index (χ2n) is 6.70. The van der Waals surface area contributed by atoms with E-state index < -0.39 is 5.72 Å². The number of aromatic nitrogens is 2. The summed E-state index contributed by atoms with van der Waals surface area (Å²) in [5.41, 5.74) is 0.431. The molecule has 1 N–H and O–H groups in total. The lowest BCUT2D eigenvalue weighted by Gasteiger charge is -2.38. The Bertz CT molecular complexity index is 801. The van der Waals surface area contributed by atoms with Gasteiger partial charge < -0.3 is 19.7 Å². The number of hydrogen-bond acceptors (Lipinski definition) is 6. The minimum atomic E-state index is -0.515. The highest BCUT2D eigenvalue weighted by Gasteiger charge is 2.45. The van der Waals surface area contributed by atoms with Crippen LogP contribution >= 0.6 is 0 Å². The van der Waals surface area contributed by atoms with Gasteiger partial charge in [0.15, 0.2) is 5.82 Å². The lowest BCUT2D eigenvalue weighted by Crippen LogP contribution is -2.52. The number of rotatable bonds is 3. The number of carbonyl (C=O) groups is 1. The van der Waals surface area contributed by atoms with Crippen molar-refractivity contribution in [2.75, 3.05) is 25.1 Å². The normalized spacial score (nSPS) is 21.7. The number of hydrogen-bond donors (Lipinski definition) is 1. The van der Waals surface area contributed by atoms with Gasteiger partial charge in [-0.05, 0) is 37.3 Å². The summed E-state index contributed by atoms with van der Waals surface area (Å²) in [4.78, 5) is 23.1. The molecular formula is C19H22N4O3. The topological polar surface area (TPSA) is 76.6 Å². The number of nitrogens with one attached hydrogen (secondary N) is 1. The first-order valence-corrected chi connectivity index (χ1v) is 8.81. The van der Waals surface area contributed by atoms with Crippen molar-refractivity contribution in [3.8, 4) is 17.1 Å². The van der Waals surface area contributed by atoms with Gasteiger partial charge in [0.05, 0.1) is 7.11 Å². The van der Waals surface area contributed by atoms with Gasteiger partial charge in [-0.15, -0.1) is 0 Å². The maximum atomic E-state index is 11.8. The number of amides is 1. The molecule has 2 fully saturated rings. The molecular weight excluding hydrogens is 332 g/mol. The summed E-state index contributed by atoms with van der Waals surface area (Å²) in [6, 6.07) is 9.62. The Morgan fingerprint density at radius 3 is 2.58 bits per heavy atom. The van der Waals surface area contributed by atoms with Gasteiger partial charge in [0.1, 0.15) is 23.4 Å². The van der Waals surface area contributed by atoms with E-state index in [1.165, 1.54) is 0 Å². The van der Waals surface area contributed by atoms with Gasteiger partial charge in [-0.1, -0.05) is 0 Å². The second-order valence-corrected chi connectivity index (χ2v) is 6.70. The third-order valence-corrected chi connectivity index (χ3v) is 5.01. The number of methoxy groups -OCH3 is 1. The molecule has 0 radical (unpaired) electrons. The lowest BCUT2D eigenvalue weighted by atomic mass is 10.0. The summed E-state index contributed by atoms with van der Waals surface area (Å²) < 4.78 is 11.1. The molecule has 0 bridgehead atoms. The summed E-state index contributed by atoms with van der Waals surface area (Å²) in [6.07, 6.45) is 2.89. The van der Waals surface area contributed by atoms with E-state index in [2.05, 4.69) is 15.2 Å². The minimum Gasteiger partial charge on any atom is -0.497 e. The monoisotopic (exact) mass is 354 g/mol. The highest BCUT2D eigenvalue weighted by molar-refractivity contribution is 5.82. The summed E-state index contributed by atoms with van der Waals surface area (Å²) in [5, 5.41) is 3.01. The molecule has 1 aromatic carbocycles. The molecule has 1 amide bonds. The Labute approximate surface area is 152 Å². The smallest absolute Gasteiger partial charge is 0.251 e. The van der Waals surface area contributed by atoms with Gasteiger partial charge in [-0.25, -0.2) is 9.97 Å². The van der Waals surface area contributed by atoms with Crippen LogP contribution in [0.25, 0.3) is 11.4 Å². The van der Waals surface area contributed by atoms with Gasteiger partial charge in [-0.3, -0.25) is 4.79 Å². The van der Waals surface area contributed by atoms with Crippen LogP contribution in [0.3, 0.4) is 0 Å². The van der Waals surface area contributed by atoms with E-state index >= 15 is 0 Å². The highest BCUT2D eigenvalue weighted by atomic mass is 16.5. The quantitative estimate of drug-likeness (QED) is 0.908. The van der Waals surface area contributed by atoms with E-state index in [-0.39, 0.29) is 12.0 Å². The van der Waals surface area contributed by atoms with Gasteiger partial charge in [0, 0.05) is 37.7 Å². The molecule has 4 rings (SSSR count). The van der Waals surface area contributed by atoms with E-state index in [1.54, 1.807) is 20.2 Å². The first-order chi connectivity index (χ1) is 12.6. The summed E-state index contributed by atoms with van der Waals surface area (Å²) in [5.74, 6) is 2.35. The standard InChI is InChI=1S/C19H22N4O3/c1-13-18(24)22-19(26-13)8-11-23(12-9-19)16-7-10-20-17(21-16)14-3-5-15(25-2)6-4-14/h3-7,10,13H,8-9,11-12H2,1-2H3,(H,22,24). The molecule has 1 spiro atoms. The molecule has 7 nitrogen and oxygen atoms in total. The van der Waals surface area contributed by atoms with Crippen LogP contribution < -0.4 is 15.0 Å². The Morgan fingerprint density at radius 1 is 1.23 bits per heavy atom. The zero-order chi connectivity index (χ0) is 18.1. The van der Waals surface area contributed by atoms with Crippen molar-refractivity contribution in [2.45, 2.75) is 31.6 Å². The van der Waals surface area contributed by atoms with Crippen molar-refractivity contribution in [2.24, 2.45) is 0 Å². The van der Waals surface area contributed by atoms with Gasteiger partial charge in [-0.2, -0.15) is 0 Å². The number of piperidine rings is 1. The lowest BCUT2D eigenvalue weighted by molar-refractivity contribution is -0.123. The molecule has 2 aliphatic heterocycles. The molecule has 1 aromatic heterocycles. The number of benzene rings is 1. The van der Waals surface area contributed by atoms with Crippen molar-refractivity contribution < 1.29 is 14.3 Å². The Morgan fingerprint density at radius 2 is 1.96 bits per heavy atom. The SMILES string of the molecule is COc1ccc(-c2nccc(N3CCC4(CC3)NC(=O)C(C)O4)n2)cc1. The van der Waals surface area contributed by atoms with Crippen molar-refractivity contribution in [3.05, 3.63) is 36.5 Å². The Hall–Kier alpha value is -2.67. The maximum Gasteiger partial charge on any atom is 0.251 e. The van der Waals surface area contributed by atoms with Crippen LogP contribution in [0.5, 0.6) is 5.75 Å². The third-order valence-electron chi connectivity index (χ3n) is 5.01. The van der Waals surface area contributed by atoms with Crippen LogP contribution in [0.1, 0.15) is 19.8 Å². The number of carbonyl (C=O) groups excluding carboxylic acids is 1. The summed E-state index contributed by atoms with van der Waals surface area (Å²) >= 11 is 0. The number of ether oxygens (including phenoxy) is 2. The fourth-order valence-corrected chi connectivity index (χ4v) is 3.49. The number of nitrogens with zero attached hydrogens (tertiary/aromatic N) is 3. The first kappa shape index (κ1) is 16.8. The molecule has 136 valence electrons. The molecule has 0 aliphatic carbocycles. The largest absolute Gasteiger partial charge is 0.497 e. The zero-order valence-electron chi connectivity index (χ0n) is 14.9. The van der Waals surface area contributed by atoms with Crippen LogP contribution in [0.2, 0.25) is 0 Å². The predicted octanol–water partition coefficient (Wildman–Crippen LogP) is 1.98. The molecule has 2 aromatic rings. The van der Waals surface area contributed by atoms with Crippen molar-refractivity contribution >= 4 is 11.7 Å². The van der Waals surface area contributed by atoms with Crippen LogP contribution in [-0.2, 0) is 9.53 Å². The van der Waals surface area contributed by atoms with Crippen LogP contribution in [0.15, 0.2) is 36.5 Å². The Balaban J connectivity index is 1.48. The minimum absolute atomic E-state index is 0.0257. The van der Waals surface area contributed by atoms with Crippen LogP contribution in [0, 0.1) is 0 Å². The van der Waals surface area contributed by atoms with Gasteiger partial charge >= 0.3 is 0 Å². The zero-order valence-corrected chi connectivity index (χ0v) is 14.9. The molecule has 26 heavy (non-hydrogen) atoms.